The van der Waals surface area contributed by atoms with Crippen molar-refractivity contribution in [1.82, 2.24) is 0 Å². The van der Waals surface area contributed by atoms with Crippen LogP contribution >= 0.6 is 15.9 Å². The van der Waals surface area contributed by atoms with Crippen molar-refractivity contribution >= 4 is 15.9 Å². The van der Waals surface area contributed by atoms with Gasteiger partial charge >= 0.3 is 0 Å². The van der Waals surface area contributed by atoms with Gasteiger partial charge in [0.15, 0.2) is 11.5 Å². The Morgan fingerprint density at radius 3 is 2.62 bits per heavy atom. The Balaban J connectivity index is 1.63. The Bertz CT molecular complexity index is 499. The predicted octanol–water partition coefficient (Wildman–Crippen LogP) is 3.46. The molecule has 21 heavy (non-hydrogen) atoms. The summed E-state index contributed by atoms with van der Waals surface area (Å²) in [7, 11) is 0. The van der Waals surface area contributed by atoms with E-state index in [0.717, 1.165) is 47.4 Å². The number of aliphatic hydroxyl groups is 1. The molecule has 1 aliphatic carbocycles. The van der Waals surface area contributed by atoms with Crippen molar-refractivity contribution in [2.75, 3.05) is 19.8 Å². The Morgan fingerprint density at radius 1 is 1.29 bits per heavy atom. The Morgan fingerprint density at radius 2 is 1.95 bits per heavy atom. The minimum absolute atomic E-state index is 0.385. The van der Waals surface area contributed by atoms with E-state index in [2.05, 4.69) is 15.9 Å². The number of aliphatic hydroxyl groups excluding tert-OH is 1. The summed E-state index contributed by atoms with van der Waals surface area (Å²) in [6.45, 7) is 3.92. The van der Waals surface area contributed by atoms with E-state index in [1.807, 2.05) is 19.1 Å². The maximum atomic E-state index is 10.5. The normalized spacial score (nSPS) is 25.3. The third-order valence-electron chi connectivity index (χ3n) is 4.17. The zero-order chi connectivity index (χ0) is 14.8. The van der Waals surface area contributed by atoms with Crippen LogP contribution in [0.5, 0.6) is 11.5 Å². The zero-order valence-electron chi connectivity index (χ0n) is 12.2. The van der Waals surface area contributed by atoms with Gasteiger partial charge in [0, 0.05) is 11.1 Å². The number of hydrogen-bond acceptors (Lipinski definition) is 4. The first-order valence-corrected chi connectivity index (χ1v) is 8.35. The average molecular weight is 357 g/mol. The largest absolute Gasteiger partial charge is 0.486 e. The molecule has 0 saturated heterocycles. The van der Waals surface area contributed by atoms with Crippen LogP contribution in [-0.4, -0.2) is 31.0 Å². The van der Waals surface area contributed by atoms with Crippen molar-refractivity contribution in [3.8, 4) is 11.5 Å². The molecular weight excluding hydrogens is 336 g/mol. The average Bonchev–Trinajstić information content (AvgIpc) is 2.44. The molecule has 1 atom stereocenters. The standard InChI is InChI=1S/C16H21BrO4/c1-2-19-11-5-10(6-11)7-14(18)12-8-15-16(9-13(12)17)21-4-3-20-15/h8-11,14,18H,2-7H2,1H3. The third-order valence-corrected chi connectivity index (χ3v) is 4.86. The van der Waals surface area contributed by atoms with E-state index in [-0.39, 0.29) is 0 Å². The molecule has 1 saturated carbocycles. The van der Waals surface area contributed by atoms with Crippen molar-refractivity contribution in [2.45, 2.75) is 38.4 Å². The lowest BCUT2D eigenvalue weighted by molar-refractivity contribution is -0.0381. The van der Waals surface area contributed by atoms with E-state index in [0.29, 0.717) is 25.2 Å². The Hall–Kier alpha value is -0.780. The van der Waals surface area contributed by atoms with Crippen LogP contribution in [0.2, 0.25) is 0 Å². The molecule has 1 fully saturated rings. The lowest BCUT2D eigenvalue weighted by Crippen LogP contribution is -2.32. The lowest BCUT2D eigenvalue weighted by Gasteiger charge is -2.36. The summed E-state index contributed by atoms with van der Waals surface area (Å²) in [5, 5.41) is 10.5. The van der Waals surface area contributed by atoms with Gasteiger partial charge in [-0.3, -0.25) is 0 Å². The molecule has 0 bridgehead atoms. The number of ether oxygens (including phenoxy) is 3. The summed E-state index contributed by atoms with van der Waals surface area (Å²) in [5.74, 6) is 2.00. The first-order valence-electron chi connectivity index (χ1n) is 7.56. The molecule has 0 aromatic heterocycles. The lowest BCUT2D eigenvalue weighted by atomic mass is 9.78. The minimum atomic E-state index is -0.484. The molecule has 116 valence electrons. The SMILES string of the molecule is CCOC1CC(CC(O)c2cc3c(cc2Br)OCCO3)C1. The summed E-state index contributed by atoms with van der Waals surface area (Å²) < 4.78 is 17.6. The third kappa shape index (κ3) is 3.35. The highest BCUT2D eigenvalue weighted by molar-refractivity contribution is 9.10. The van der Waals surface area contributed by atoms with Crippen molar-refractivity contribution in [2.24, 2.45) is 5.92 Å². The van der Waals surface area contributed by atoms with Gasteiger partial charge in [0.25, 0.3) is 0 Å². The highest BCUT2D eigenvalue weighted by Gasteiger charge is 2.32. The quantitative estimate of drug-likeness (QED) is 0.877. The van der Waals surface area contributed by atoms with E-state index < -0.39 is 6.10 Å². The number of hydrogen-bond donors (Lipinski definition) is 1. The van der Waals surface area contributed by atoms with Crippen LogP contribution in [0.4, 0.5) is 0 Å². The van der Waals surface area contributed by atoms with Crippen LogP contribution < -0.4 is 9.47 Å². The first kappa shape index (κ1) is 15.1. The van der Waals surface area contributed by atoms with Gasteiger partial charge in [-0.1, -0.05) is 15.9 Å². The smallest absolute Gasteiger partial charge is 0.162 e. The van der Waals surface area contributed by atoms with Crippen LogP contribution in [0, 0.1) is 5.92 Å². The summed E-state index contributed by atoms with van der Waals surface area (Å²) in [4.78, 5) is 0. The summed E-state index contributed by atoms with van der Waals surface area (Å²) in [5.41, 5.74) is 0.874. The number of benzene rings is 1. The van der Waals surface area contributed by atoms with Crippen LogP contribution in [0.15, 0.2) is 16.6 Å². The van der Waals surface area contributed by atoms with Gasteiger partial charge in [-0.05, 0) is 49.8 Å². The van der Waals surface area contributed by atoms with Gasteiger partial charge in [0.05, 0.1) is 12.2 Å². The molecule has 1 heterocycles. The molecule has 0 amide bonds. The van der Waals surface area contributed by atoms with E-state index in [1.165, 1.54) is 0 Å². The van der Waals surface area contributed by atoms with E-state index in [1.54, 1.807) is 0 Å². The van der Waals surface area contributed by atoms with Crippen molar-refractivity contribution in [1.29, 1.82) is 0 Å². The number of fused-ring (bicyclic) bond motifs is 1. The second-order valence-corrected chi connectivity index (χ2v) is 6.54. The van der Waals surface area contributed by atoms with Gasteiger partial charge in [-0.2, -0.15) is 0 Å². The molecule has 2 aliphatic rings. The topological polar surface area (TPSA) is 47.9 Å². The molecule has 0 radical (unpaired) electrons. The monoisotopic (exact) mass is 356 g/mol. The summed E-state index contributed by atoms with van der Waals surface area (Å²) in [6.07, 6.45) is 2.76. The molecular formula is C16H21BrO4. The molecule has 1 aliphatic heterocycles. The summed E-state index contributed by atoms with van der Waals surface area (Å²) in [6, 6.07) is 3.78. The van der Waals surface area contributed by atoms with Gasteiger partial charge in [0.1, 0.15) is 13.2 Å². The number of rotatable bonds is 5. The summed E-state index contributed by atoms with van der Waals surface area (Å²) >= 11 is 3.52. The molecule has 3 rings (SSSR count). The van der Waals surface area contributed by atoms with Gasteiger partial charge in [0.2, 0.25) is 0 Å². The van der Waals surface area contributed by atoms with Crippen LogP contribution in [0.25, 0.3) is 0 Å². The zero-order valence-corrected chi connectivity index (χ0v) is 13.8. The molecule has 1 N–H and O–H groups in total. The molecule has 1 aromatic carbocycles. The molecule has 5 heteroatoms. The molecule has 1 unspecified atom stereocenters. The maximum Gasteiger partial charge on any atom is 0.162 e. The second-order valence-electron chi connectivity index (χ2n) is 5.68. The molecule has 0 spiro atoms. The van der Waals surface area contributed by atoms with Gasteiger partial charge in [-0.25, -0.2) is 0 Å². The van der Waals surface area contributed by atoms with Crippen LogP contribution in [0.1, 0.15) is 37.9 Å². The fourth-order valence-electron chi connectivity index (χ4n) is 3.02. The van der Waals surface area contributed by atoms with Crippen molar-refractivity contribution in [3.05, 3.63) is 22.2 Å². The molecule has 1 aromatic rings. The molecule has 4 nitrogen and oxygen atoms in total. The fraction of sp³-hybridized carbons (Fsp3) is 0.625. The van der Waals surface area contributed by atoms with Crippen LogP contribution in [-0.2, 0) is 4.74 Å². The Labute approximate surface area is 133 Å². The van der Waals surface area contributed by atoms with E-state index in [9.17, 15) is 5.11 Å². The van der Waals surface area contributed by atoms with Gasteiger partial charge in [-0.15, -0.1) is 0 Å². The van der Waals surface area contributed by atoms with Crippen molar-refractivity contribution in [3.63, 3.8) is 0 Å². The first-order chi connectivity index (χ1) is 10.2. The van der Waals surface area contributed by atoms with Crippen LogP contribution in [0.3, 0.4) is 0 Å². The van der Waals surface area contributed by atoms with E-state index >= 15 is 0 Å². The van der Waals surface area contributed by atoms with E-state index in [4.69, 9.17) is 14.2 Å². The second kappa shape index (κ2) is 6.55. The fourth-order valence-corrected chi connectivity index (χ4v) is 3.60. The van der Waals surface area contributed by atoms with Crippen molar-refractivity contribution < 1.29 is 19.3 Å². The Kier molecular flexibility index (Phi) is 4.72. The highest BCUT2D eigenvalue weighted by atomic mass is 79.9. The highest BCUT2D eigenvalue weighted by Crippen LogP contribution is 2.42. The predicted molar refractivity (Wildman–Crippen MR) is 82.8 cm³/mol. The number of halogens is 1. The minimum Gasteiger partial charge on any atom is -0.486 e. The maximum absolute atomic E-state index is 10.5. The van der Waals surface area contributed by atoms with Gasteiger partial charge < -0.3 is 19.3 Å².